The van der Waals surface area contributed by atoms with Gasteiger partial charge in [0.15, 0.2) is 11.5 Å². The maximum atomic E-state index is 12.2. The van der Waals surface area contributed by atoms with Crippen molar-refractivity contribution in [1.29, 1.82) is 0 Å². The Morgan fingerprint density at radius 1 is 0.871 bits per heavy atom. The molecule has 0 atom stereocenters. The van der Waals surface area contributed by atoms with Gasteiger partial charge in [-0.15, -0.1) is 0 Å². The molecule has 6 heteroatoms. The highest BCUT2D eigenvalue weighted by Gasteiger charge is 2.06. The first-order valence-corrected chi connectivity index (χ1v) is 9.75. The van der Waals surface area contributed by atoms with E-state index in [0.29, 0.717) is 29.5 Å². The number of anilines is 2. The Labute approximate surface area is 181 Å². The summed E-state index contributed by atoms with van der Waals surface area (Å²) in [6.45, 7) is 1.88. The van der Waals surface area contributed by atoms with Crippen LogP contribution >= 0.6 is 0 Å². The summed E-state index contributed by atoms with van der Waals surface area (Å²) in [4.78, 5) is 23.3. The van der Waals surface area contributed by atoms with Gasteiger partial charge in [0, 0.05) is 24.4 Å². The second kappa shape index (κ2) is 10.6. The number of nitrogens with one attached hydrogen (secondary N) is 2. The van der Waals surface area contributed by atoms with E-state index < -0.39 is 0 Å². The molecule has 3 aromatic carbocycles. The lowest BCUT2D eigenvalue weighted by atomic mass is 10.2. The lowest BCUT2D eigenvalue weighted by Gasteiger charge is -2.11. The number of amides is 2. The third kappa shape index (κ3) is 6.75. The third-order valence-corrected chi connectivity index (χ3v) is 4.32. The highest BCUT2D eigenvalue weighted by molar-refractivity contribution is 6.02. The lowest BCUT2D eigenvalue weighted by Crippen LogP contribution is -2.08. The number of benzene rings is 3. The van der Waals surface area contributed by atoms with Crippen molar-refractivity contribution in [3.05, 3.63) is 90.0 Å². The Morgan fingerprint density at radius 3 is 2.19 bits per heavy atom. The van der Waals surface area contributed by atoms with Crippen molar-refractivity contribution >= 4 is 29.3 Å². The first kappa shape index (κ1) is 21.6. The van der Waals surface area contributed by atoms with Gasteiger partial charge in [0.1, 0.15) is 6.61 Å². The lowest BCUT2D eigenvalue weighted by molar-refractivity contribution is -0.114. The molecule has 0 saturated heterocycles. The minimum absolute atomic E-state index is 0.147. The molecule has 3 rings (SSSR count). The molecule has 0 aliphatic carbocycles. The van der Waals surface area contributed by atoms with Gasteiger partial charge >= 0.3 is 0 Å². The topological polar surface area (TPSA) is 76.7 Å². The smallest absolute Gasteiger partial charge is 0.248 e. The van der Waals surface area contributed by atoms with E-state index in [4.69, 9.17) is 9.47 Å². The molecule has 3 aromatic rings. The fourth-order valence-corrected chi connectivity index (χ4v) is 2.84. The van der Waals surface area contributed by atoms with E-state index in [1.165, 1.54) is 13.0 Å². The summed E-state index contributed by atoms with van der Waals surface area (Å²) in [6.07, 6.45) is 3.14. The molecule has 0 aliphatic heterocycles. The highest BCUT2D eigenvalue weighted by atomic mass is 16.5. The van der Waals surface area contributed by atoms with Gasteiger partial charge < -0.3 is 20.1 Å². The fraction of sp³-hybridized carbons (Fsp3) is 0.120. The van der Waals surface area contributed by atoms with Crippen LogP contribution in [0.2, 0.25) is 0 Å². The van der Waals surface area contributed by atoms with Gasteiger partial charge in [0.2, 0.25) is 11.8 Å². The van der Waals surface area contributed by atoms with Crippen LogP contribution in [0.25, 0.3) is 6.08 Å². The molecule has 0 saturated carbocycles. The van der Waals surface area contributed by atoms with Gasteiger partial charge in [-0.3, -0.25) is 9.59 Å². The molecule has 0 bridgehead atoms. The van der Waals surface area contributed by atoms with Gasteiger partial charge in [-0.2, -0.15) is 0 Å². The Kier molecular flexibility index (Phi) is 7.43. The quantitative estimate of drug-likeness (QED) is 0.513. The first-order chi connectivity index (χ1) is 15.0. The van der Waals surface area contributed by atoms with Gasteiger partial charge in [-0.05, 0) is 53.6 Å². The Morgan fingerprint density at radius 2 is 1.55 bits per heavy atom. The van der Waals surface area contributed by atoms with E-state index in [1.54, 1.807) is 37.5 Å². The zero-order valence-corrected chi connectivity index (χ0v) is 17.4. The van der Waals surface area contributed by atoms with Crippen LogP contribution in [0.15, 0.2) is 78.9 Å². The normalized spacial score (nSPS) is 10.5. The summed E-state index contributed by atoms with van der Waals surface area (Å²) in [6, 6.07) is 22.3. The van der Waals surface area contributed by atoms with Crippen LogP contribution in [-0.4, -0.2) is 18.9 Å². The molecule has 0 heterocycles. The average molecular weight is 416 g/mol. The van der Waals surface area contributed by atoms with Crippen molar-refractivity contribution in [3.8, 4) is 11.5 Å². The summed E-state index contributed by atoms with van der Waals surface area (Å²) in [7, 11) is 1.58. The van der Waals surface area contributed by atoms with Crippen LogP contribution in [0.5, 0.6) is 11.5 Å². The molecule has 0 unspecified atom stereocenters. The predicted octanol–water partition coefficient (Wildman–Crippen LogP) is 4.88. The van der Waals surface area contributed by atoms with Crippen LogP contribution in [0.1, 0.15) is 18.1 Å². The number of carbonyl (C=O) groups is 2. The highest BCUT2D eigenvalue weighted by Crippen LogP contribution is 2.29. The van der Waals surface area contributed by atoms with Crippen molar-refractivity contribution in [2.45, 2.75) is 13.5 Å². The van der Waals surface area contributed by atoms with Crippen molar-refractivity contribution in [1.82, 2.24) is 0 Å². The maximum Gasteiger partial charge on any atom is 0.248 e. The summed E-state index contributed by atoms with van der Waals surface area (Å²) >= 11 is 0. The van der Waals surface area contributed by atoms with E-state index in [1.807, 2.05) is 48.5 Å². The van der Waals surface area contributed by atoms with Gasteiger partial charge in [0.25, 0.3) is 0 Å². The molecule has 2 N–H and O–H groups in total. The van der Waals surface area contributed by atoms with Crippen LogP contribution in [0.3, 0.4) is 0 Å². The molecule has 0 aromatic heterocycles. The molecule has 0 fully saturated rings. The summed E-state index contributed by atoms with van der Waals surface area (Å²) < 4.78 is 11.3. The van der Waals surface area contributed by atoms with Gasteiger partial charge in [0.05, 0.1) is 7.11 Å². The largest absolute Gasteiger partial charge is 0.493 e. The predicted molar refractivity (Wildman–Crippen MR) is 122 cm³/mol. The van der Waals surface area contributed by atoms with Crippen molar-refractivity contribution < 1.29 is 19.1 Å². The molecule has 158 valence electrons. The van der Waals surface area contributed by atoms with Crippen molar-refractivity contribution in [3.63, 3.8) is 0 Å². The Hall–Kier alpha value is -4.06. The first-order valence-electron chi connectivity index (χ1n) is 9.75. The Bertz CT molecular complexity index is 1060. The zero-order chi connectivity index (χ0) is 22.1. The minimum atomic E-state index is -0.268. The molecular weight excluding hydrogens is 392 g/mol. The summed E-state index contributed by atoms with van der Waals surface area (Å²) in [5.74, 6) is 0.807. The van der Waals surface area contributed by atoms with Crippen LogP contribution < -0.4 is 20.1 Å². The summed E-state index contributed by atoms with van der Waals surface area (Å²) in [5.41, 5.74) is 3.17. The fourth-order valence-electron chi connectivity index (χ4n) is 2.84. The molecule has 6 nitrogen and oxygen atoms in total. The van der Waals surface area contributed by atoms with Gasteiger partial charge in [-0.1, -0.05) is 36.4 Å². The van der Waals surface area contributed by atoms with E-state index in [0.717, 1.165) is 11.1 Å². The molecule has 0 spiro atoms. The number of carbonyl (C=O) groups excluding carboxylic acids is 2. The van der Waals surface area contributed by atoms with E-state index in [-0.39, 0.29) is 11.8 Å². The molecule has 31 heavy (non-hydrogen) atoms. The molecule has 2 amide bonds. The zero-order valence-electron chi connectivity index (χ0n) is 17.4. The minimum Gasteiger partial charge on any atom is -0.493 e. The van der Waals surface area contributed by atoms with Crippen LogP contribution in [0, 0.1) is 0 Å². The summed E-state index contributed by atoms with van der Waals surface area (Å²) in [5, 5.41) is 5.45. The number of methoxy groups -OCH3 is 1. The van der Waals surface area contributed by atoms with Crippen LogP contribution in [-0.2, 0) is 16.2 Å². The van der Waals surface area contributed by atoms with E-state index in [2.05, 4.69) is 10.6 Å². The second-order valence-corrected chi connectivity index (χ2v) is 6.77. The van der Waals surface area contributed by atoms with E-state index >= 15 is 0 Å². The van der Waals surface area contributed by atoms with E-state index in [9.17, 15) is 9.59 Å². The van der Waals surface area contributed by atoms with Crippen LogP contribution in [0.4, 0.5) is 11.4 Å². The molecule has 0 aliphatic rings. The van der Waals surface area contributed by atoms with Crippen molar-refractivity contribution in [2.75, 3.05) is 17.7 Å². The van der Waals surface area contributed by atoms with Gasteiger partial charge in [-0.25, -0.2) is 0 Å². The molecular formula is C25H24N2O4. The number of ether oxygens (including phenoxy) is 2. The molecule has 0 radical (unpaired) electrons. The average Bonchev–Trinajstić information content (AvgIpc) is 2.78. The monoisotopic (exact) mass is 416 g/mol. The number of hydrogen-bond donors (Lipinski definition) is 2. The van der Waals surface area contributed by atoms with Crippen molar-refractivity contribution in [2.24, 2.45) is 0 Å². The second-order valence-electron chi connectivity index (χ2n) is 6.77. The standard InChI is InChI=1S/C25H24N2O4/c1-18(28)26-21-10-12-22(13-11-21)27-25(29)15-9-19-8-14-23(24(16-19)30-2)31-17-20-6-4-3-5-7-20/h3-16H,17H2,1-2H3,(H,26,28)(H,27,29). The number of rotatable bonds is 8. The number of hydrogen-bond acceptors (Lipinski definition) is 4. The Balaban J connectivity index is 1.59. The maximum absolute atomic E-state index is 12.2. The third-order valence-electron chi connectivity index (χ3n) is 4.32. The SMILES string of the molecule is COc1cc(C=CC(=O)Nc2ccc(NC(C)=O)cc2)ccc1OCc1ccccc1.